The average Bonchev–Trinajstić information content (AvgIpc) is 3.14. The van der Waals surface area contributed by atoms with E-state index in [0.717, 1.165) is 29.3 Å². The highest BCUT2D eigenvalue weighted by Crippen LogP contribution is 2.35. The van der Waals surface area contributed by atoms with Crippen LogP contribution < -0.4 is 0 Å². The summed E-state index contributed by atoms with van der Waals surface area (Å²) in [5.74, 6) is 1.59. The van der Waals surface area contributed by atoms with Crippen molar-refractivity contribution in [2.45, 2.75) is 32.4 Å². The van der Waals surface area contributed by atoms with Crippen LogP contribution in [0.5, 0.6) is 0 Å². The van der Waals surface area contributed by atoms with Gasteiger partial charge < -0.3 is 0 Å². The first-order valence-corrected chi connectivity index (χ1v) is 6.98. The minimum Gasteiger partial charge on any atom is -0.296 e. The van der Waals surface area contributed by atoms with Gasteiger partial charge in [0, 0.05) is 13.1 Å². The minimum absolute atomic E-state index is 0.487. The predicted molar refractivity (Wildman–Crippen MR) is 75.0 cm³/mol. The van der Waals surface area contributed by atoms with Crippen molar-refractivity contribution in [1.29, 1.82) is 0 Å². The van der Waals surface area contributed by atoms with Gasteiger partial charge in [-0.2, -0.15) is 5.10 Å². The lowest BCUT2D eigenvalue weighted by Gasteiger charge is -2.23. The summed E-state index contributed by atoms with van der Waals surface area (Å²) in [4.78, 5) is 11.2. The number of hydrogen-bond acceptors (Lipinski definition) is 4. The van der Waals surface area contributed by atoms with E-state index in [1.54, 1.807) is 10.9 Å². The third-order valence-electron chi connectivity index (χ3n) is 3.98. The highest BCUT2D eigenvalue weighted by Gasteiger charge is 2.30. The molecule has 0 bridgehead atoms. The number of aryl methyl sites for hydroxylation is 1. The summed E-state index contributed by atoms with van der Waals surface area (Å²) in [5, 5.41) is 5.46. The molecule has 6 heteroatoms. The minimum atomic E-state index is 0.487. The van der Waals surface area contributed by atoms with Crippen molar-refractivity contribution in [2.75, 3.05) is 7.05 Å². The van der Waals surface area contributed by atoms with Gasteiger partial charge in [0.05, 0.1) is 18.1 Å². The lowest BCUT2D eigenvalue weighted by molar-refractivity contribution is 0.221. The molecule has 1 fully saturated rings. The van der Waals surface area contributed by atoms with E-state index in [9.17, 15) is 0 Å². The van der Waals surface area contributed by atoms with Crippen molar-refractivity contribution >= 4 is 22.6 Å². The summed E-state index contributed by atoms with van der Waals surface area (Å²) in [6.45, 7) is 2.99. The molecule has 3 rings (SSSR count). The van der Waals surface area contributed by atoms with Gasteiger partial charge >= 0.3 is 0 Å². The van der Waals surface area contributed by atoms with Gasteiger partial charge in [-0.25, -0.2) is 9.97 Å². The molecule has 1 unspecified atom stereocenters. The van der Waals surface area contributed by atoms with Gasteiger partial charge in [-0.3, -0.25) is 9.58 Å². The van der Waals surface area contributed by atoms with Crippen molar-refractivity contribution < 1.29 is 0 Å². The monoisotopic (exact) mass is 279 g/mol. The van der Waals surface area contributed by atoms with Crippen LogP contribution in [-0.2, 0) is 13.6 Å². The van der Waals surface area contributed by atoms with Crippen molar-refractivity contribution in [3.8, 4) is 0 Å². The van der Waals surface area contributed by atoms with Gasteiger partial charge in [0.1, 0.15) is 11.0 Å². The topological polar surface area (TPSA) is 46.8 Å². The number of halogens is 1. The normalized spacial score (nSPS) is 17.3. The third kappa shape index (κ3) is 2.44. The Morgan fingerprint density at radius 3 is 2.89 bits per heavy atom. The predicted octanol–water partition coefficient (Wildman–Crippen LogP) is 2.25. The molecular formula is C13H18ClN5. The molecule has 0 spiro atoms. The Morgan fingerprint density at radius 1 is 1.47 bits per heavy atom. The van der Waals surface area contributed by atoms with Gasteiger partial charge in [-0.1, -0.05) is 11.6 Å². The molecular weight excluding hydrogens is 262 g/mol. The van der Waals surface area contributed by atoms with Gasteiger partial charge in [0.25, 0.3) is 0 Å². The first kappa shape index (κ1) is 12.8. The second-order valence-corrected chi connectivity index (χ2v) is 5.79. The van der Waals surface area contributed by atoms with Crippen molar-refractivity contribution in [1.82, 2.24) is 24.6 Å². The summed E-state index contributed by atoms with van der Waals surface area (Å²) < 4.78 is 1.73. The molecule has 5 nitrogen and oxygen atoms in total. The third-order valence-corrected chi connectivity index (χ3v) is 4.27. The molecule has 0 amide bonds. The summed E-state index contributed by atoms with van der Waals surface area (Å²) >= 11 is 6.19. The summed E-state index contributed by atoms with van der Waals surface area (Å²) in [5.41, 5.74) is 0.794. The van der Waals surface area contributed by atoms with E-state index in [0.29, 0.717) is 11.2 Å². The molecule has 1 aliphatic carbocycles. The molecule has 2 aromatic rings. The average molecular weight is 280 g/mol. The van der Waals surface area contributed by atoms with Crippen LogP contribution in [0.3, 0.4) is 0 Å². The maximum absolute atomic E-state index is 6.19. The fraction of sp³-hybridized carbons (Fsp3) is 0.615. The molecule has 0 radical (unpaired) electrons. The molecule has 1 atom stereocenters. The van der Waals surface area contributed by atoms with Crippen LogP contribution in [0.1, 0.15) is 25.6 Å². The van der Waals surface area contributed by atoms with Gasteiger partial charge in [-0.05, 0) is 32.7 Å². The molecule has 1 aliphatic rings. The first-order chi connectivity index (χ1) is 9.06. The Balaban J connectivity index is 1.85. The number of aromatic nitrogens is 4. The Morgan fingerprint density at radius 2 is 2.21 bits per heavy atom. The van der Waals surface area contributed by atoms with Crippen molar-refractivity contribution in [3.63, 3.8) is 0 Å². The van der Waals surface area contributed by atoms with Crippen LogP contribution in [0.4, 0.5) is 0 Å². The second kappa shape index (κ2) is 4.72. The molecule has 0 saturated heterocycles. The van der Waals surface area contributed by atoms with Crippen LogP contribution >= 0.6 is 11.6 Å². The van der Waals surface area contributed by atoms with Gasteiger partial charge in [-0.15, -0.1) is 0 Å². The van der Waals surface area contributed by atoms with Gasteiger partial charge in [0.2, 0.25) is 0 Å². The molecule has 0 aliphatic heterocycles. The highest BCUT2D eigenvalue weighted by molar-refractivity contribution is 6.33. The van der Waals surface area contributed by atoms with Crippen LogP contribution in [-0.4, -0.2) is 37.7 Å². The zero-order valence-corrected chi connectivity index (χ0v) is 12.2. The lowest BCUT2D eigenvalue weighted by Crippen LogP contribution is -2.31. The van der Waals surface area contributed by atoms with E-state index in [-0.39, 0.29) is 0 Å². The van der Waals surface area contributed by atoms with Gasteiger partial charge in [0.15, 0.2) is 5.65 Å². The fourth-order valence-electron chi connectivity index (χ4n) is 2.41. The summed E-state index contributed by atoms with van der Waals surface area (Å²) in [6, 6.07) is 0.574. The standard InChI is InChI=1S/C13H18ClN5/c1-8(9-4-5-9)18(2)7-11-16-12(14)10-6-15-19(3)13(10)17-11/h6,8-9H,4-5,7H2,1-3H3. The maximum atomic E-state index is 6.19. The zero-order valence-electron chi connectivity index (χ0n) is 11.5. The Kier molecular flexibility index (Phi) is 3.19. The zero-order chi connectivity index (χ0) is 13.6. The van der Waals surface area contributed by atoms with Crippen LogP contribution in [0.2, 0.25) is 5.15 Å². The Labute approximate surface area is 117 Å². The van der Waals surface area contributed by atoms with E-state index in [2.05, 4.69) is 33.9 Å². The lowest BCUT2D eigenvalue weighted by atomic mass is 10.2. The summed E-state index contributed by atoms with van der Waals surface area (Å²) in [7, 11) is 3.99. The van der Waals surface area contributed by atoms with E-state index in [1.807, 2.05) is 7.05 Å². The Bertz CT molecular complexity index is 604. The molecule has 19 heavy (non-hydrogen) atoms. The maximum Gasteiger partial charge on any atom is 0.162 e. The quantitative estimate of drug-likeness (QED) is 0.806. The molecule has 0 aromatic carbocycles. The molecule has 2 heterocycles. The van der Waals surface area contributed by atoms with E-state index in [4.69, 9.17) is 11.6 Å². The summed E-state index contributed by atoms with van der Waals surface area (Å²) in [6.07, 6.45) is 4.39. The van der Waals surface area contributed by atoms with Crippen LogP contribution in [0.15, 0.2) is 6.20 Å². The second-order valence-electron chi connectivity index (χ2n) is 5.43. The highest BCUT2D eigenvalue weighted by atomic mass is 35.5. The van der Waals surface area contributed by atoms with Crippen LogP contribution in [0.25, 0.3) is 11.0 Å². The van der Waals surface area contributed by atoms with E-state index >= 15 is 0 Å². The van der Waals surface area contributed by atoms with E-state index < -0.39 is 0 Å². The Hall–Kier alpha value is -1.20. The molecule has 1 saturated carbocycles. The largest absolute Gasteiger partial charge is 0.296 e. The molecule has 2 aromatic heterocycles. The van der Waals surface area contributed by atoms with Crippen molar-refractivity contribution in [2.24, 2.45) is 13.0 Å². The number of fused-ring (bicyclic) bond motifs is 1. The smallest absolute Gasteiger partial charge is 0.162 e. The molecule has 0 N–H and O–H groups in total. The first-order valence-electron chi connectivity index (χ1n) is 6.60. The number of hydrogen-bond donors (Lipinski definition) is 0. The van der Waals surface area contributed by atoms with E-state index in [1.165, 1.54) is 12.8 Å². The SMILES string of the molecule is CC(C1CC1)N(C)Cc1nc(Cl)c2cnn(C)c2n1. The van der Waals surface area contributed by atoms with Crippen molar-refractivity contribution in [3.05, 3.63) is 17.2 Å². The number of nitrogens with zero attached hydrogens (tertiary/aromatic N) is 5. The number of rotatable bonds is 4. The van der Waals surface area contributed by atoms with Crippen LogP contribution in [0, 0.1) is 5.92 Å². The molecule has 102 valence electrons. The fourth-order valence-corrected chi connectivity index (χ4v) is 2.64.